The highest BCUT2D eigenvalue weighted by Gasteiger charge is 2.29. The van der Waals surface area contributed by atoms with Gasteiger partial charge in [-0.15, -0.1) is 0 Å². The minimum atomic E-state index is -0.722. The van der Waals surface area contributed by atoms with Crippen molar-refractivity contribution >= 4 is 12.0 Å². The van der Waals surface area contributed by atoms with Gasteiger partial charge < -0.3 is 20.5 Å². The lowest BCUT2D eigenvalue weighted by Crippen LogP contribution is -2.49. The topological polar surface area (TPSA) is 87.7 Å². The average Bonchev–Trinajstić information content (AvgIpc) is 2.75. The lowest BCUT2D eigenvalue weighted by Gasteiger charge is -2.27. The average molecular weight is 270 g/mol. The van der Waals surface area contributed by atoms with E-state index in [2.05, 4.69) is 10.6 Å². The van der Waals surface area contributed by atoms with Crippen molar-refractivity contribution in [1.82, 2.24) is 10.6 Å². The number of carboxylic acid groups (broad SMARTS) is 1. The summed E-state index contributed by atoms with van der Waals surface area (Å²) in [4.78, 5) is 22.7. The third-order valence-corrected chi connectivity index (χ3v) is 4.10. The minimum absolute atomic E-state index is 0.0634. The summed E-state index contributed by atoms with van der Waals surface area (Å²) in [6.45, 7) is 2.64. The van der Waals surface area contributed by atoms with Crippen molar-refractivity contribution in [2.75, 3.05) is 6.61 Å². The standard InChI is InChI=1S/C13H22N2O4/c1-8-11(6-7-19-8)15-13(18)14-10-4-2-9(3-5-10)12(16)17/h8-11H,2-7H2,1H3,(H,16,17)(H2,14,15,18)/t8-,9?,10?,11-/m1/s1. The summed E-state index contributed by atoms with van der Waals surface area (Å²) in [5.41, 5.74) is 0. The van der Waals surface area contributed by atoms with Gasteiger partial charge in [-0.3, -0.25) is 4.79 Å². The molecule has 2 amide bonds. The summed E-state index contributed by atoms with van der Waals surface area (Å²) in [5.74, 6) is -0.968. The number of carbonyl (C=O) groups excluding carboxylic acids is 1. The summed E-state index contributed by atoms with van der Waals surface area (Å²) in [6.07, 6.45) is 3.67. The summed E-state index contributed by atoms with van der Waals surface area (Å²) in [7, 11) is 0. The Morgan fingerprint density at radius 2 is 1.79 bits per heavy atom. The van der Waals surface area contributed by atoms with E-state index in [0.29, 0.717) is 19.4 Å². The molecule has 19 heavy (non-hydrogen) atoms. The summed E-state index contributed by atoms with van der Waals surface area (Å²) in [6, 6.07) is 0.00436. The fraction of sp³-hybridized carbons (Fsp3) is 0.846. The van der Waals surface area contributed by atoms with Crippen LogP contribution in [0, 0.1) is 5.92 Å². The Morgan fingerprint density at radius 3 is 2.32 bits per heavy atom. The molecule has 0 spiro atoms. The monoisotopic (exact) mass is 270 g/mol. The molecule has 0 unspecified atom stereocenters. The molecule has 3 N–H and O–H groups in total. The molecule has 0 radical (unpaired) electrons. The van der Waals surface area contributed by atoms with Crippen molar-refractivity contribution in [2.24, 2.45) is 5.92 Å². The van der Waals surface area contributed by atoms with Gasteiger partial charge in [-0.2, -0.15) is 0 Å². The molecular formula is C13H22N2O4. The second kappa shape index (κ2) is 6.23. The minimum Gasteiger partial charge on any atom is -0.481 e. The highest BCUT2D eigenvalue weighted by atomic mass is 16.5. The van der Waals surface area contributed by atoms with Crippen LogP contribution < -0.4 is 10.6 Å². The first kappa shape index (κ1) is 14.1. The van der Waals surface area contributed by atoms with E-state index in [9.17, 15) is 9.59 Å². The molecule has 0 aromatic heterocycles. The van der Waals surface area contributed by atoms with Crippen LogP contribution >= 0.6 is 0 Å². The van der Waals surface area contributed by atoms with Crippen LogP contribution in [0.2, 0.25) is 0 Å². The van der Waals surface area contributed by atoms with Crippen molar-refractivity contribution in [2.45, 2.75) is 57.2 Å². The highest BCUT2D eigenvalue weighted by molar-refractivity contribution is 5.75. The van der Waals surface area contributed by atoms with E-state index in [-0.39, 0.29) is 30.1 Å². The molecule has 2 aliphatic rings. The largest absolute Gasteiger partial charge is 0.481 e. The molecule has 6 heteroatoms. The van der Waals surface area contributed by atoms with Crippen molar-refractivity contribution in [3.05, 3.63) is 0 Å². The maximum Gasteiger partial charge on any atom is 0.315 e. The lowest BCUT2D eigenvalue weighted by molar-refractivity contribution is -0.142. The predicted molar refractivity (Wildman–Crippen MR) is 68.9 cm³/mol. The highest BCUT2D eigenvalue weighted by Crippen LogP contribution is 2.24. The fourth-order valence-electron chi connectivity index (χ4n) is 2.80. The first-order valence-corrected chi connectivity index (χ1v) is 6.97. The van der Waals surface area contributed by atoms with Gasteiger partial charge in [0.2, 0.25) is 0 Å². The number of carbonyl (C=O) groups is 2. The summed E-state index contributed by atoms with van der Waals surface area (Å²) in [5, 5.41) is 14.8. The number of hydrogen-bond donors (Lipinski definition) is 3. The molecule has 1 saturated carbocycles. The van der Waals surface area contributed by atoms with E-state index < -0.39 is 5.97 Å². The number of ether oxygens (including phenoxy) is 1. The SMILES string of the molecule is C[C@H]1OCC[C@H]1NC(=O)NC1CCC(C(=O)O)CC1. The molecule has 0 bridgehead atoms. The second-order valence-electron chi connectivity index (χ2n) is 5.48. The normalized spacial score (nSPS) is 34.8. The number of aliphatic carboxylic acids is 1. The Balaban J connectivity index is 1.70. The smallest absolute Gasteiger partial charge is 0.315 e. The quantitative estimate of drug-likeness (QED) is 0.716. The summed E-state index contributed by atoms with van der Waals surface area (Å²) >= 11 is 0. The molecule has 1 aliphatic carbocycles. The first-order valence-electron chi connectivity index (χ1n) is 6.97. The van der Waals surface area contributed by atoms with Gasteiger partial charge in [0.25, 0.3) is 0 Å². The van der Waals surface area contributed by atoms with Gasteiger partial charge in [-0.1, -0.05) is 0 Å². The van der Waals surface area contributed by atoms with Crippen LogP contribution in [0.1, 0.15) is 39.0 Å². The van der Waals surface area contributed by atoms with Crippen LogP contribution in [0.25, 0.3) is 0 Å². The second-order valence-corrected chi connectivity index (χ2v) is 5.48. The van der Waals surface area contributed by atoms with Crippen LogP contribution in [0.5, 0.6) is 0 Å². The lowest BCUT2D eigenvalue weighted by atomic mass is 9.86. The van der Waals surface area contributed by atoms with Gasteiger partial charge in [0.15, 0.2) is 0 Å². The number of rotatable bonds is 3. The molecule has 2 rings (SSSR count). The zero-order valence-electron chi connectivity index (χ0n) is 11.2. The molecule has 2 atom stereocenters. The first-order chi connectivity index (χ1) is 9.06. The number of nitrogens with one attached hydrogen (secondary N) is 2. The third kappa shape index (κ3) is 3.83. The number of urea groups is 1. The van der Waals surface area contributed by atoms with Crippen molar-refractivity contribution in [3.8, 4) is 0 Å². The maximum absolute atomic E-state index is 11.8. The van der Waals surface area contributed by atoms with E-state index >= 15 is 0 Å². The van der Waals surface area contributed by atoms with Gasteiger partial charge in [0.1, 0.15) is 0 Å². The van der Waals surface area contributed by atoms with Crippen LogP contribution in [0.3, 0.4) is 0 Å². The number of amides is 2. The van der Waals surface area contributed by atoms with Crippen LogP contribution in [0.15, 0.2) is 0 Å². The molecule has 1 aliphatic heterocycles. The van der Waals surface area contributed by atoms with Crippen molar-refractivity contribution in [3.63, 3.8) is 0 Å². The van der Waals surface area contributed by atoms with Gasteiger partial charge >= 0.3 is 12.0 Å². The van der Waals surface area contributed by atoms with Gasteiger partial charge in [0.05, 0.1) is 18.1 Å². The van der Waals surface area contributed by atoms with E-state index in [1.54, 1.807) is 0 Å². The molecule has 0 aromatic rings. The van der Waals surface area contributed by atoms with Crippen LogP contribution in [0.4, 0.5) is 4.79 Å². The molecule has 0 aromatic carbocycles. The predicted octanol–water partition coefficient (Wildman–Crippen LogP) is 1.11. The Bertz CT molecular complexity index is 340. The zero-order valence-corrected chi connectivity index (χ0v) is 11.2. The fourth-order valence-corrected chi connectivity index (χ4v) is 2.80. The summed E-state index contributed by atoms with van der Waals surface area (Å²) < 4.78 is 5.39. The van der Waals surface area contributed by atoms with E-state index in [1.165, 1.54) is 0 Å². The van der Waals surface area contributed by atoms with Gasteiger partial charge in [-0.05, 0) is 39.0 Å². The van der Waals surface area contributed by atoms with Gasteiger partial charge in [0, 0.05) is 12.6 Å². The molecule has 108 valence electrons. The molecule has 1 heterocycles. The van der Waals surface area contributed by atoms with Crippen LogP contribution in [-0.2, 0) is 9.53 Å². The zero-order chi connectivity index (χ0) is 13.8. The Kier molecular flexibility index (Phi) is 4.63. The Labute approximate surface area is 112 Å². The Morgan fingerprint density at radius 1 is 1.11 bits per heavy atom. The number of carboxylic acids is 1. The van der Waals surface area contributed by atoms with Crippen molar-refractivity contribution < 1.29 is 19.4 Å². The van der Waals surface area contributed by atoms with Gasteiger partial charge in [-0.25, -0.2) is 4.79 Å². The van der Waals surface area contributed by atoms with Crippen molar-refractivity contribution in [1.29, 1.82) is 0 Å². The van der Waals surface area contributed by atoms with E-state index in [0.717, 1.165) is 19.3 Å². The molecule has 1 saturated heterocycles. The molecule has 6 nitrogen and oxygen atoms in total. The van der Waals surface area contributed by atoms with E-state index in [4.69, 9.17) is 9.84 Å². The molecule has 2 fully saturated rings. The third-order valence-electron chi connectivity index (χ3n) is 4.10. The molecular weight excluding hydrogens is 248 g/mol. The Hall–Kier alpha value is -1.30. The van der Waals surface area contributed by atoms with Crippen LogP contribution in [-0.4, -0.2) is 41.9 Å². The van der Waals surface area contributed by atoms with E-state index in [1.807, 2.05) is 6.92 Å². The maximum atomic E-state index is 11.8. The number of hydrogen-bond acceptors (Lipinski definition) is 3.